The van der Waals surface area contributed by atoms with Crippen molar-refractivity contribution < 1.29 is 9.18 Å². The maximum atomic E-state index is 13.0. The van der Waals surface area contributed by atoms with Crippen LogP contribution in [0.1, 0.15) is 34.5 Å². The Morgan fingerprint density at radius 2 is 1.95 bits per heavy atom. The fraction of sp³-hybridized carbons (Fsp3) is 0.188. The highest BCUT2D eigenvalue weighted by Gasteiger charge is 2.15. The minimum absolute atomic E-state index is 0.138. The molecule has 0 saturated heterocycles. The third kappa shape index (κ3) is 2.96. The van der Waals surface area contributed by atoms with E-state index in [0.717, 1.165) is 17.2 Å². The molecule has 0 spiro atoms. The molecule has 0 saturated carbocycles. The van der Waals surface area contributed by atoms with E-state index in [2.05, 4.69) is 5.32 Å². The van der Waals surface area contributed by atoms with Crippen LogP contribution in [-0.4, -0.2) is 5.91 Å². The molecule has 0 aliphatic carbocycles. The number of hydrogen-bond acceptors (Lipinski definition) is 2. The molecule has 2 aromatic rings. The van der Waals surface area contributed by atoms with Crippen molar-refractivity contribution in [2.75, 3.05) is 5.73 Å². The normalized spacial score (nSPS) is 11.9. The first-order valence-corrected chi connectivity index (χ1v) is 6.40. The monoisotopic (exact) mass is 272 g/mol. The zero-order chi connectivity index (χ0) is 14.7. The van der Waals surface area contributed by atoms with Crippen molar-refractivity contribution in [1.82, 2.24) is 5.32 Å². The van der Waals surface area contributed by atoms with Crippen LogP contribution >= 0.6 is 0 Å². The lowest BCUT2D eigenvalue weighted by Gasteiger charge is -2.17. The van der Waals surface area contributed by atoms with Gasteiger partial charge in [0.1, 0.15) is 5.82 Å². The Bertz CT molecular complexity index is 640. The summed E-state index contributed by atoms with van der Waals surface area (Å²) >= 11 is 0. The Morgan fingerprint density at radius 3 is 2.60 bits per heavy atom. The lowest BCUT2D eigenvalue weighted by Crippen LogP contribution is -2.27. The Labute approximate surface area is 117 Å². The van der Waals surface area contributed by atoms with Gasteiger partial charge in [-0.05, 0) is 43.2 Å². The van der Waals surface area contributed by atoms with Crippen molar-refractivity contribution in [1.29, 1.82) is 0 Å². The van der Waals surface area contributed by atoms with Gasteiger partial charge in [0.05, 0.1) is 11.6 Å². The largest absolute Gasteiger partial charge is 0.398 e. The van der Waals surface area contributed by atoms with E-state index in [0.29, 0.717) is 0 Å². The molecule has 0 aliphatic heterocycles. The third-order valence-electron chi connectivity index (χ3n) is 3.26. The molecule has 0 fully saturated rings. The number of carbonyl (C=O) groups excluding carboxylic acids is 1. The topological polar surface area (TPSA) is 55.1 Å². The van der Waals surface area contributed by atoms with E-state index in [-0.39, 0.29) is 23.2 Å². The number of amides is 1. The van der Waals surface area contributed by atoms with Gasteiger partial charge in [-0.2, -0.15) is 0 Å². The summed E-state index contributed by atoms with van der Waals surface area (Å²) < 4.78 is 13.0. The highest BCUT2D eigenvalue weighted by Crippen LogP contribution is 2.19. The second-order valence-electron chi connectivity index (χ2n) is 4.78. The molecule has 3 N–H and O–H groups in total. The first-order chi connectivity index (χ1) is 9.49. The van der Waals surface area contributed by atoms with Crippen LogP contribution in [0.3, 0.4) is 0 Å². The predicted octanol–water partition coefficient (Wildman–Crippen LogP) is 3.21. The molecule has 1 unspecified atom stereocenters. The number of anilines is 1. The fourth-order valence-electron chi connectivity index (χ4n) is 2.17. The highest BCUT2D eigenvalue weighted by molar-refractivity contribution is 5.99. The summed E-state index contributed by atoms with van der Waals surface area (Å²) in [5.41, 5.74) is 8.24. The summed E-state index contributed by atoms with van der Waals surface area (Å²) in [5.74, 6) is -0.760. The molecule has 20 heavy (non-hydrogen) atoms. The molecule has 0 heterocycles. The van der Waals surface area contributed by atoms with Crippen LogP contribution in [0.25, 0.3) is 0 Å². The molecule has 1 amide bonds. The van der Waals surface area contributed by atoms with Crippen molar-refractivity contribution in [2.45, 2.75) is 19.9 Å². The molecule has 3 nitrogen and oxygen atoms in total. The van der Waals surface area contributed by atoms with Crippen molar-refractivity contribution in [3.63, 3.8) is 0 Å². The van der Waals surface area contributed by atoms with E-state index >= 15 is 0 Å². The summed E-state index contributed by atoms with van der Waals surface area (Å²) in [4.78, 5) is 12.2. The fourth-order valence-corrected chi connectivity index (χ4v) is 2.17. The van der Waals surface area contributed by atoms with E-state index in [1.54, 1.807) is 0 Å². The van der Waals surface area contributed by atoms with Crippen molar-refractivity contribution in [2.24, 2.45) is 0 Å². The minimum Gasteiger partial charge on any atom is -0.398 e. The number of nitrogens with one attached hydrogen (secondary N) is 1. The molecular weight excluding hydrogens is 255 g/mol. The average molecular weight is 272 g/mol. The Balaban J connectivity index is 2.17. The number of carbonyl (C=O) groups is 1. The second kappa shape index (κ2) is 5.74. The molecule has 0 bridgehead atoms. The lowest BCUT2D eigenvalue weighted by molar-refractivity contribution is 0.0940. The molecule has 0 radical (unpaired) electrons. The first kappa shape index (κ1) is 14.1. The Hall–Kier alpha value is -2.36. The van der Waals surface area contributed by atoms with E-state index in [1.807, 2.05) is 38.1 Å². The lowest BCUT2D eigenvalue weighted by atomic mass is 10.0. The van der Waals surface area contributed by atoms with Crippen molar-refractivity contribution in [3.05, 3.63) is 65.0 Å². The van der Waals surface area contributed by atoms with Crippen LogP contribution in [0.4, 0.5) is 10.1 Å². The standard InChI is InChI=1S/C16H17FN2O/c1-10-5-3-4-6-13(10)11(2)19-16(20)14-8-7-12(17)9-15(14)18/h3-9,11H,18H2,1-2H3,(H,19,20). The number of aryl methyl sites for hydroxylation is 1. The maximum absolute atomic E-state index is 13.0. The minimum atomic E-state index is -0.453. The number of nitrogen functional groups attached to an aromatic ring is 1. The van der Waals surface area contributed by atoms with Crippen LogP contribution < -0.4 is 11.1 Å². The summed E-state index contributed by atoms with van der Waals surface area (Å²) in [6.07, 6.45) is 0. The average Bonchev–Trinajstić information content (AvgIpc) is 2.38. The van der Waals surface area contributed by atoms with Gasteiger partial charge in [-0.25, -0.2) is 4.39 Å². The molecule has 1 atom stereocenters. The molecular formula is C16H17FN2O. The summed E-state index contributed by atoms with van der Waals surface area (Å²) in [6, 6.07) is 11.5. The van der Waals surface area contributed by atoms with Gasteiger partial charge in [0.25, 0.3) is 5.91 Å². The summed E-state index contributed by atoms with van der Waals surface area (Å²) in [5, 5.41) is 2.87. The number of halogens is 1. The van der Waals surface area contributed by atoms with Crippen LogP contribution in [0.5, 0.6) is 0 Å². The molecule has 4 heteroatoms. The van der Waals surface area contributed by atoms with Gasteiger partial charge in [0.2, 0.25) is 0 Å². The number of nitrogens with two attached hydrogens (primary N) is 1. The van der Waals surface area contributed by atoms with E-state index in [4.69, 9.17) is 5.73 Å². The second-order valence-corrected chi connectivity index (χ2v) is 4.78. The first-order valence-electron chi connectivity index (χ1n) is 6.40. The Morgan fingerprint density at radius 1 is 1.25 bits per heavy atom. The van der Waals surface area contributed by atoms with Gasteiger partial charge in [0.15, 0.2) is 0 Å². The zero-order valence-corrected chi connectivity index (χ0v) is 11.5. The van der Waals surface area contributed by atoms with Gasteiger partial charge in [0, 0.05) is 5.69 Å². The number of hydrogen-bond donors (Lipinski definition) is 2. The van der Waals surface area contributed by atoms with Crippen molar-refractivity contribution >= 4 is 11.6 Å². The quantitative estimate of drug-likeness (QED) is 0.843. The smallest absolute Gasteiger partial charge is 0.253 e. The molecule has 0 aromatic heterocycles. The molecule has 2 rings (SSSR count). The summed E-state index contributed by atoms with van der Waals surface area (Å²) in [7, 11) is 0. The van der Waals surface area contributed by atoms with E-state index < -0.39 is 5.82 Å². The van der Waals surface area contributed by atoms with Crippen LogP contribution in [-0.2, 0) is 0 Å². The highest BCUT2D eigenvalue weighted by atomic mass is 19.1. The van der Waals surface area contributed by atoms with Gasteiger partial charge in [-0.1, -0.05) is 24.3 Å². The molecule has 2 aromatic carbocycles. The number of rotatable bonds is 3. The van der Waals surface area contributed by atoms with Gasteiger partial charge in [-0.3, -0.25) is 4.79 Å². The van der Waals surface area contributed by atoms with Crippen molar-refractivity contribution in [3.8, 4) is 0 Å². The van der Waals surface area contributed by atoms with Gasteiger partial charge >= 0.3 is 0 Å². The van der Waals surface area contributed by atoms with Crippen LogP contribution in [0.15, 0.2) is 42.5 Å². The number of benzene rings is 2. The predicted molar refractivity (Wildman–Crippen MR) is 77.9 cm³/mol. The van der Waals surface area contributed by atoms with E-state index in [1.165, 1.54) is 12.1 Å². The van der Waals surface area contributed by atoms with Gasteiger partial charge < -0.3 is 11.1 Å². The van der Waals surface area contributed by atoms with Crippen LogP contribution in [0.2, 0.25) is 0 Å². The molecule has 104 valence electrons. The zero-order valence-electron chi connectivity index (χ0n) is 11.5. The summed E-state index contributed by atoms with van der Waals surface area (Å²) in [6.45, 7) is 3.89. The Kier molecular flexibility index (Phi) is 4.03. The van der Waals surface area contributed by atoms with Gasteiger partial charge in [-0.15, -0.1) is 0 Å². The third-order valence-corrected chi connectivity index (χ3v) is 3.26. The van der Waals surface area contributed by atoms with E-state index in [9.17, 15) is 9.18 Å². The maximum Gasteiger partial charge on any atom is 0.253 e. The van der Waals surface area contributed by atoms with Crippen LogP contribution in [0, 0.1) is 12.7 Å². The SMILES string of the molecule is Cc1ccccc1C(C)NC(=O)c1ccc(F)cc1N. The molecule has 0 aliphatic rings.